The zero-order valence-corrected chi connectivity index (χ0v) is 26.1. The summed E-state index contributed by atoms with van der Waals surface area (Å²) in [5, 5.41) is 8.37. The zero-order valence-electron chi connectivity index (χ0n) is 23.5. The van der Waals surface area contributed by atoms with E-state index in [1.165, 1.54) is 31.0 Å². The fourth-order valence-electron chi connectivity index (χ4n) is 4.59. The van der Waals surface area contributed by atoms with Crippen LogP contribution >= 0.6 is 11.6 Å². The van der Waals surface area contributed by atoms with Crippen molar-refractivity contribution in [2.24, 2.45) is 0 Å². The van der Waals surface area contributed by atoms with Crippen molar-refractivity contribution in [2.75, 3.05) is 31.7 Å². The van der Waals surface area contributed by atoms with E-state index in [1.807, 2.05) is 0 Å². The number of methoxy groups -OCH3 is 2. The lowest BCUT2D eigenvalue weighted by Crippen LogP contribution is -2.47. The van der Waals surface area contributed by atoms with E-state index in [-0.39, 0.29) is 25.5 Å². The summed E-state index contributed by atoms with van der Waals surface area (Å²) in [4.78, 5) is 4.34. The highest BCUT2D eigenvalue weighted by Crippen LogP contribution is 2.40. The fraction of sp³-hybridized carbons (Fsp3) is 0.370. The molecule has 0 aliphatic carbocycles. The van der Waals surface area contributed by atoms with Crippen LogP contribution in [0.5, 0.6) is 17.2 Å². The van der Waals surface area contributed by atoms with Gasteiger partial charge in [0, 0.05) is 33.3 Å². The number of furan rings is 1. The number of rotatable bonds is 10. The molecule has 5 rings (SSSR count). The zero-order chi connectivity index (χ0) is 29.4. The smallest absolute Gasteiger partial charge is 0.246 e. The van der Waals surface area contributed by atoms with Gasteiger partial charge in [0.25, 0.3) is 0 Å². The van der Waals surface area contributed by atoms with E-state index in [4.69, 9.17) is 30.2 Å². The van der Waals surface area contributed by atoms with Crippen molar-refractivity contribution in [3.8, 4) is 34.5 Å². The molecule has 11 nitrogen and oxygen atoms in total. The summed E-state index contributed by atoms with van der Waals surface area (Å²) >= 11 is 6.08. The van der Waals surface area contributed by atoms with Crippen molar-refractivity contribution in [2.45, 2.75) is 37.4 Å². The normalized spacial score (nSPS) is 15.2. The van der Waals surface area contributed by atoms with Crippen molar-refractivity contribution in [1.29, 1.82) is 0 Å². The van der Waals surface area contributed by atoms with Gasteiger partial charge in [0.05, 0.1) is 31.2 Å². The molecule has 0 amide bonds. The standard InChI is InChI=1S/C27H32ClN5O6SSi/c1-36-21-8-6-9-22(37-2)25(21)33-26(23-10-7-12-38-23)30-31-27(33)32(11-13-41(3,4)5)40(34,35)19-15-20-24(39-17-19)14-18(28)16-29-20/h6-10,12,14,16,19H,11,13,15,17H2,1-5H3/t19-/m1/s1. The number of hydrogen-bond acceptors (Lipinski definition) is 9. The van der Waals surface area contributed by atoms with Crippen LogP contribution in [0.25, 0.3) is 17.3 Å². The number of aromatic nitrogens is 4. The Balaban J connectivity index is 1.69. The summed E-state index contributed by atoms with van der Waals surface area (Å²) in [5.41, 5.74) is 0.974. The molecule has 0 radical (unpaired) electrons. The molecule has 0 bridgehead atoms. The largest absolute Gasteiger partial charge is 0.494 e. The highest BCUT2D eigenvalue weighted by Gasteiger charge is 2.40. The second-order valence-corrected chi connectivity index (χ2v) is 19.0. The molecule has 41 heavy (non-hydrogen) atoms. The lowest BCUT2D eigenvalue weighted by atomic mass is 10.1. The molecule has 0 saturated heterocycles. The van der Waals surface area contributed by atoms with Gasteiger partial charge >= 0.3 is 0 Å². The molecule has 0 N–H and O–H groups in total. The summed E-state index contributed by atoms with van der Waals surface area (Å²) < 4.78 is 54.9. The summed E-state index contributed by atoms with van der Waals surface area (Å²) in [6.45, 7) is 6.70. The number of fused-ring (bicyclic) bond motifs is 1. The van der Waals surface area contributed by atoms with Crippen molar-refractivity contribution in [1.82, 2.24) is 19.7 Å². The molecule has 1 aliphatic rings. The van der Waals surface area contributed by atoms with Crippen LogP contribution in [0, 0.1) is 0 Å². The van der Waals surface area contributed by atoms with Crippen molar-refractivity contribution in [3.63, 3.8) is 0 Å². The molecule has 14 heteroatoms. The minimum absolute atomic E-state index is 0.0576. The highest BCUT2D eigenvalue weighted by atomic mass is 35.5. The molecular weight excluding hydrogens is 586 g/mol. The number of nitrogens with zero attached hydrogens (tertiary/aromatic N) is 5. The Hall–Kier alpha value is -3.55. The molecular formula is C27H32ClN5O6SSi. The van der Waals surface area contributed by atoms with Gasteiger partial charge < -0.3 is 18.6 Å². The first kappa shape index (κ1) is 29.0. The Labute approximate surface area is 245 Å². The Kier molecular flexibility index (Phi) is 8.03. The first-order chi connectivity index (χ1) is 19.5. The number of hydrogen-bond donors (Lipinski definition) is 0. The molecule has 1 aromatic carbocycles. The van der Waals surface area contributed by atoms with Crippen molar-refractivity contribution < 1.29 is 27.0 Å². The predicted molar refractivity (Wildman–Crippen MR) is 159 cm³/mol. The Morgan fingerprint density at radius 3 is 2.49 bits per heavy atom. The van der Waals surface area contributed by atoms with E-state index in [0.29, 0.717) is 51.3 Å². The lowest BCUT2D eigenvalue weighted by Gasteiger charge is -2.32. The molecule has 0 unspecified atom stereocenters. The van der Waals surface area contributed by atoms with Gasteiger partial charge in [-0.2, -0.15) is 0 Å². The van der Waals surface area contributed by atoms with Gasteiger partial charge in [-0.05, 0) is 30.3 Å². The number of benzene rings is 1. The maximum Gasteiger partial charge on any atom is 0.246 e. The number of ether oxygens (including phenoxy) is 3. The first-order valence-electron chi connectivity index (χ1n) is 13.0. The van der Waals surface area contributed by atoms with Crippen LogP contribution in [0.1, 0.15) is 5.69 Å². The summed E-state index contributed by atoms with van der Waals surface area (Å²) in [7, 11) is -2.70. The Bertz CT molecular complexity index is 1620. The summed E-state index contributed by atoms with van der Waals surface area (Å²) in [6, 6.07) is 11.1. The van der Waals surface area contributed by atoms with Gasteiger partial charge in [-0.25, -0.2) is 12.7 Å². The Morgan fingerprint density at radius 2 is 1.85 bits per heavy atom. The minimum Gasteiger partial charge on any atom is -0.494 e. The molecule has 3 aromatic heterocycles. The summed E-state index contributed by atoms with van der Waals surface area (Å²) in [5.74, 6) is 2.15. The maximum atomic E-state index is 14.5. The van der Waals surface area contributed by atoms with Crippen LogP contribution in [-0.4, -0.2) is 68.9 Å². The van der Waals surface area contributed by atoms with Crippen LogP contribution in [0.4, 0.5) is 5.95 Å². The fourth-order valence-corrected chi connectivity index (χ4v) is 7.46. The molecule has 1 atom stereocenters. The van der Waals surface area contributed by atoms with E-state index in [2.05, 4.69) is 34.8 Å². The minimum atomic E-state index is -4.06. The molecule has 0 saturated carbocycles. The first-order valence-corrected chi connectivity index (χ1v) is 18.6. The second-order valence-electron chi connectivity index (χ2n) is 10.8. The van der Waals surface area contributed by atoms with Crippen LogP contribution in [-0.2, 0) is 16.4 Å². The van der Waals surface area contributed by atoms with Gasteiger partial charge in [0.15, 0.2) is 5.76 Å². The predicted octanol–water partition coefficient (Wildman–Crippen LogP) is 5.07. The maximum absolute atomic E-state index is 14.5. The van der Waals surface area contributed by atoms with Crippen LogP contribution < -0.4 is 18.5 Å². The summed E-state index contributed by atoms with van der Waals surface area (Å²) in [6.07, 6.45) is 3.17. The van der Waals surface area contributed by atoms with Crippen molar-refractivity contribution >= 4 is 35.6 Å². The topological polar surface area (TPSA) is 122 Å². The third-order valence-electron chi connectivity index (χ3n) is 6.77. The highest BCUT2D eigenvalue weighted by molar-refractivity contribution is 7.93. The van der Waals surface area contributed by atoms with Crippen molar-refractivity contribution in [3.05, 3.63) is 59.6 Å². The number of para-hydroxylation sites is 1. The van der Waals surface area contributed by atoms with Gasteiger partial charge in [-0.1, -0.05) is 37.3 Å². The third-order valence-corrected chi connectivity index (χ3v) is 10.8. The monoisotopic (exact) mass is 617 g/mol. The number of halogens is 1. The average molecular weight is 618 g/mol. The number of anilines is 1. The third kappa shape index (κ3) is 5.79. The SMILES string of the molecule is COc1cccc(OC)c1-n1c(-c2ccco2)nnc1N(CC[Si](C)(C)C)S(=O)(=O)[C@H]1COc2cc(Cl)cnc2C1. The van der Waals surface area contributed by atoms with E-state index >= 15 is 0 Å². The average Bonchev–Trinajstić information content (AvgIpc) is 3.62. The molecule has 0 fully saturated rings. The van der Waals surface area contributed by atoms with E-state index in [9.17, 15) is 8.42 Å². The molecule has 4 heterocycles. The molecule has 4 aromatic rings. The Morgan fingerprint density at radius 1 is 1.12 bits per heavy atom. The van der Waals surface area contributed by atoms with E-state index in [0.717, 1.165) is 0 Å². The quantitative estimate of drug-likeness (QED) is 0.224. The number of sulfonamides is 1. The van der Waals surface area contributed by atoms with Crippen LogP contribution in [0.2, 0.25) is 30.7 Å². The number of pyridine rings is 1. The van der Waals surface area contributed by atoms with Gasteiger partial charge in [0.1, 0.15) is 34.8 Å². The molecule has 1 aliphatic heterocycles. The van der Waals surface area contributed by atoms with Gasteiger partial charge in [0.2, 0.25) is 21.8 Å². The molecule has 0 spiro atoms. The van der Waals surface area contributed by atoms with Crippen LogP contribution in [0.15, 0.2) is 53.3 Å². The van der Waals surface area contributed by atoms with E-state index in [1.54, 1.807) is 41.0 Å². The van der Waals surface area contributed by atoms with Gasteiger partial charge in [-0.15, -0.1) is 10.2 Å². The second kappa shape index (κ2) is 11.4. The lowest BCUT2D eigenvalue weighted by molar-refractivity contribution is 0.285. The van der Waals surface area contributed by atoms with E-state index < -0.39 is 23.3 Å². The van der Waals surface area contributed by atoms with Gasteiger partial charge in [-0.3, -0.25) is 9.55 Å². The van der Waals surface area contributed by atoms with Crippen LogP contribution in [0.3, 0.4) is 0 Å². The molecule has 218 valence electrons.